The topological polar surface area (TPSA) is 55.2 Å². The summed E-state index contributed by atoms with van der Waals surface area (Å²) in [6.45, 7) is 3.69. The molecule has 24 heavy (non-hydrogen) atoms. The van der Waals surface area contributed by atoms with E-state index in [-0.39, 0.29) is 5.75 Å². The van der Waals surface area contributed by atoms with Crippen molar-refractivity contribution in [3.63, 3.8) is 0 Å². The molecule has 6 heteroatoms. The molecule has 0 aliphatic carbocycles. The number of benzene rings is 1. The predicted molar refractivity (Wildman–Crippen MR) is 96.0 cm³/mol. The van der Waals surface area contributed by atoms with Crippen molar-refractivity contribution >= 4 is 15.5 Å². The van der Waals surface area contributed by atoms with Gasteiger partial charge in [-0.2, -0.15) is 0 Å². The maximum Gasteiger partial charge on any atom is 0.178 e. The van der Waals surface area contributed by atoms with E-state index in [2.05, 4.69) is 14.5 Å². The van der Waals surface area contributed by atoms with Gasteiger partial charge in [0.1, 0.15) is 5.82 Å². The monoisotopic (exact) mass is 347 g/mol. The fraction of sp³-hybridized carbons (Fsp3) is 0.500. The molecule has 5 nitrogen and oxygen atoms in total. The third kappa shape index (κ3) is 3.64. The highest BCUT2D eigenvalue weighted by Crippen LogP contribution is 2.26. The Kier molecular flexibility index (Phi) is 4.94. The van der Waals surface area contributed by atoms with Crippen LogP contribution in [0.1, 0.15) is 25.6 Å². The van der Waals surface area contributed by atoms with E-state index in [0.29, 0.717) is 10.8 Å². The van der Waals surface area contributed by atoms with Crippen LogP contribution in [0.4, 0.5) is 5.69 Å². The van der Waals surface area contributed by atoms with Crippen molar-refractivity contribution in [2.75, 3.05) is 23.7 Å². The molecule has 0 saturated carbocycles. The lowest BCUT2D eigenvalue weighted by Gasteiger charge is -2.34. The van der Waals surface area contributed by atoms with Crippen molar-refractivity contribution in [2.24, 2.45) is 13.0 Å². The standard InChI is InChI=1S/C18H25N3O2S/c1-3-24(22,23)17-8-6-16(7-9-17)21-11-4-5-15(14-21)13-18-19-10-12-20(18)2/h6-10,12,15H,3-5,11,13-14H2,1-2H3/t15-/m0/s1. The Balaban J connectivity index is 1.69. The highest BCUT2D eigenvalue weighted by molar-refractivity contribution is 7.91. The molecule has 130 valence electrons. The average molecular weight is 347 g/mol. The van der Waals surface area contributed by atoms with Gasteiger partial charge in [0.15, 0.2) is 9.84 Å². The van der Waals surface area contributed by atoms with Crippen molar-refractivity contribution in [3.05, 3.63) is 42.5 Å². The number of nitrogens with zero attached hydrogens (tertiary/aromatic N) is 3. The summed E-state index contributed by atoms with van der Waals surface area (Å²) in [5.74, 6) is 1.85. The molecule has 0 N–H and O–H groups in total. The van der Waals surface area contributed by atoms with Gasteiger partial charge in [0.25, 0.3) is 0 Å². The molecule has 1 aliphatic rings. The van der Waals surface area contributed by atoms with Crippen molar-refractivity contribution in [1.82, 2.24) is 9.55 Å². The molecule has 3 rings (SSSR count). The molecular formula is C18H25N3O2S. The van der Waals surface area contributed by atoms with Crippen LogP contribution in [-0.2, 0) is 23.3 Å². The summed E-state index contributed by atoms with van der Waals surface area (Å²) in [4.78, 5) is 7.21. The molecule has 0 radical (unpaired) electrons. The Morgan fingerprint density at radius 2 is 2.00 bits per heavy atom. The lowest BCUT2D eigenvalue weighted by Crippen LogP contribution is -2.36. The molecule has 0 spiro atoms. The van der Waals surface area contributed by atoms with Gasteiger partial charge in [-0.05, 0) is 43.0 Å². The quantitative estimate of drug-likeness (QED) is 0.834. The van der Waals surface area contributed by atoms with Crippen LogP contribution < -0.4 is 4.90 Å². The molecule has 1 fully saturated rings. The summed E-state index contributed by atoms with van der Waals surface area (Å²) in [5.41, 5.74) is 1.11. The van der Waals surface area contributed by atoms with E-state index >= 15 is 0 Å². The molecule has 1 aromatic heterocycles. The maximum atomic E-state index is 11.9. The van der Waals surface area contributed by atoms with Crippen LogP contribution in [0, 0.1) is 5.92 Å². The van der Waals surface area contributed by atoms with E-state index in [4.69, 9.17) is 0 Å². The Morgan fingerprint density at radius 3 is 2.62 bits per heavy atom. The maximum absolute atomic E-state index is 11.9. The fourth-order valence-electron chi connectivity index (χ4n) is 3.35. The summed E-state index contributed by atoms with van der Waals surface area (Å²) in [6.07, 6.45) is 7.20. The van der Waals surface area contributed by atoms with Crippen molar-refractivity contribution < 1.29 is 8.42 Å². The van der Waals surface area contributed by atoms with Crippen LogP contribution in [0.2, 0.25) is 0 Å². The number of hydrogen-bond donors (Lipinski definition) is 0. The second-order valence-electron chi connectivity index (χ2n) is 6.51. The van der Waals surface area contributed by atoms with Crippen LogP contribution in [0.15, 0.2) is 41.6 Å². The third-order valence-electron chi connectivity index (χ3n) is 4.85. The van der Waals surface area contributed by atoms with Crippen LogP contribution in [0.25, 0.3) is 0 Å². The van der Waals surface area contributed by atoms with E-state index in [1.165, 1.54) is 6.42 Å². The minimum Gasteiger partial charge on any atom is -0.371 e. The van der Waals surface area contributed by atoms with Gasteiger partial charge in [0.05, 0.1) is 10.6 Å². The van der Waals surface area contributed by atoms with Gasteiger partial charge in [-0.1, -0.05) is 6.92 Å². The first-order chi connectivity index (χ1) is 11.5. The lowest BCUT2D eigenvalue weighted by atomic mass is 9.94. The molecule has 2 aromatic rings. The molecule has 2 heterocycles. The van der Waals surface area contributed by atoms with E-state index in [1.54, 1.807) is 19.1 Å². The first-order valence-corrected chi connectivity index (χ1v) is 10.2. The number of piperidine rings is 1. The summed E-state index contributed by atoms with van der Waals surface area (Å²) in [7, 11) is -1.09. The number of aryl methyl sites for hydroxylation is 1. The normalized spacial score (nSPS) is 18.8. The van der Waals surface area contributed by atoms with Crippen molar-refractivity contribution in [2.45, 2.75) is 31.1 Å². The third-order valence-corrected chi connectivity index (χ3v) is 6.60. The Morgan fingerprint density at radius 1 is 1.25 bits per heavy atom. The summed E-state index contributed by atoms with van der Waals surface area (Å²) in [5, 5.41) is 0. The SMILES string of the molecule is CCS(=O)(=O)c1ccc(N2CCC[C@@H](Cc3nccn3C)C2)cc1. The van der Waals surface area contributed by atoms with Crippen LogP contribution in [0.3, 0.4) is 0 Å². The number of imidazole rings is 1. The van der Waals surface area contributed by atoms with Gasteiger partial charge < -0.3 is 9.47 Å². The largest absolute Gasteiger partial charge is 0.371 e. The first kappa shape index (κ1) is 17.0. The molecule has 0 amide bonds. The highest BCUT2D eigenvalue weighted by atomic mass is 32.2. The van der Waals surface area contributed by atoms with Crippen LogP contribution >= 0.6 is 0 Å². The molecule has 1 saturated heterocycles. The van der Waals surface area contributed by atoms with Crippen LogP contribution in [0.5, 0.6) is 0 Å². The molecule has 1 aliphatic heterocycles. The minimum absolute atomic E-state index is 0.141. The molecule has 1 atom stereocenters. The smallest absolute Gasteiger partial charge is 0.178 e. The molecular weight excluding hydrogens is 322 g/mol. The fourth-order valence-corrected chi connectivity index (χ4v) is 4.23. The van der Waals surface area contributed by atoms with E-state index in [9.17, 15) is 8.42 Å². The average Bonchev–Trinajstić information content (AvgIpc) is 3.00. The molecule has 0 bridgehead atoms. The highest BCUT2D eigenvalue weighted by Gasteiger charge is 2.22. The lowest BCUT2D eigenvalue weighted by molar-refractivity contribution is 0.403. The predicted octanol–water partition coefficient (Wildman–Crippen LogP) is 2.67. The van der Waals surface area contributed by atoms with Gasteiger partial charge in [0, 0.05) is 44.6 Å². The Hall–Kier alpha value is -1.82. The van der Waals surface area contributed by atoms with Crippen LogP contribution in [-0.4, -0.2) is 36.8 Å². The summed E-state index contributed by atoms with van der Waals surface area (Å²) < 4.78 is 25.9. The number of rotatable bonds is 5. The van der Waals surface area contributed by atoms with Gasteiger partial charge in [-0.25, -0.2) is 13.4 Å². The van der Waals surface area contributed by atoms with Gasteiger partial charge in [-0.15, -0.1) is 0 Å². The van der Waals surface area contributed by atoms with Gasteiger partial charge >= 0.3 is 0 Å². The second-order valence-corrected chi connectivity index (χ2v) is 8.79. The number of sulfone groups is 1. The zero-order chi connectivity index (χ0) is 17.2. The molecule has 0 unspecified atom stereocenters. The summed E-state index contributed by atoms with van der Waals surface area (Å²) in [6, 6.07) is 7.34. The number of hydrogen-bond acceptors (Lipinski definition) is 4. The first-order valence-electron chi connectivity index (χ1n) is 8.53. The Labute approximate surface area is 144 Å². The minimum atomic E-state index is -3.13. The van der Waals surface area contributed by atoms with Crippen molar-refractivity contribution in [1.29, 1.82) is 0 Å². The van der Waals surface area contributed by atoms with E-state index in [1.807, 2.05) is 31.6 Å². The molecule has 1 aromatic carbocycles. The second kappa shape index (κ2) is 6.97. The van der Waals surface area contributed by atoms with E-state index < -0.39 is 9.84 Å². The van der Waals surface area contributed by atoms with E-state index in [0.717, 1.165) is 37.4 Å². The number of anilines is 1. The van der Waals surface area contributed by atoms with Gasteiger partial charge in [0.2, 0.25) is 0 Å². The zero-order valence-electron chi connectivity index (χ0n) is 14.4. The summed E-state index contributed by atoms with van der Waals surface area (Å²) >= 11 is 0. The Bertz CT molecular complexity index is 781. The van der Waals surface area contributed by atoms with Gasteiger partial charge in [-0.3, -0.25) is 0 Å². The van der Waals surface area contributed by atoms with Crippen molar-refractivity contribution in [3.8, 4) is 0 Å². The number of aromatic nitrogens is 2. The zero-order valence-corrected chi connectivity index (χ0v) is 15.2.